The number of fused-ring (bicyclic) bond motifs is 1. The highest BCUT2D eigenvalue weighted by Crippen LogP contribution is 2.41. The molecule has 0 aliphatic carbocycles. The molecule has 0 radical (unpaired) electrons. The monoisotopic (exact) mass is 413 g/mol. The Labute approximate surface area is 169 Å². The summed E-state index contributed by atoms with van der Waals surface area (Å²) in [6, 6.07) is 2.53. The number of anilines is 2. The van der Waals surface area contributed by atoms with Gasteiger partial charge in [0.25, 0.3) is 11.8 Å². The number of nitrogen functional groups attached to an aromatic ring is 2. The van der Waals surface area contributed by atoms with Gasteiger partial charge in [-0.25, -0.2) is 28.7 Å². The maximum Gasteiger partial charge on any atom is 0.257 e. The lowest BCUT2D eigenvalue weighted by atomic mass is 9.89. The molecule has 2 aromatic heterocycles. The molecule has 1 aliphatic rings. The molecule has 5 N–H and O–H groups in total. The van der Waals surface area contributed by atoms with Gasteiger partial charge >= 0.3 is 0 Å². The number of nitrogens with zero attached hydrogens (tertiary/aromatic N) is 4. The fourth-order valence-electron chi connectivity index (χ4n) is 3.46. The SMILES string of the molecule is COc1nc(-c2cc(F)ccc2[C@@H]2NC(=O)c3c(C)nc(N)nc3C2F)cnc1N. The fraction of sp³-hybridized carbons (Fsp3) is 0.211. The van der Waals surface area contributed by atoms with E-state index >= 15 is 4.39 Å². The Hall–Kier alpha value is -3.89. The number of aryl methyl sites for hydroxylation is 1. The van der Waals surface area contributed by atoms with E-state index in [9.17, 15) is 9.18 Å². The lowest BCUT2D eigenvalue weighted by Gasteiger charge is -2.30. The number of hydrogen-bond acceptors (Lipinski definition) is 8. The minimum atomic E-state index is -1.76. The number of ether oxygens (including phenoxy) is 1. The number of aromatic nitrogens is 4. The van der Waals surface area contributed by atoms with Crippen molar-refractivity contribution in [3.05, 3.63) is 52.7 Å². The average Bonchev–Trinajstić information content (AvgIpc) is 2.70. The van der Waals surface area contributed by atoms with Crippen LogP contribution in [-0.4, -0.2) is 33.0 Å². The van der Waals surface area contributed by atoms with Crippen LogP contribution in [0.3, 0.4) is 0 Å². The van der Waals surface area contributed by atoms with Gasteiger partial charge in [0.1, 0.15) is 5.82 Å². The highest BCUT2D eigenvalue weighted by molar-refractivity contribution is 5.98. The number of carbonyl (C=O) groups is 1. The van der Waals surface area contributed by atoms with Gasteiger partial charge in [0.05, 0.1) is 42.0 Å². The number of rotatable bonds is 3. The summed E-state index contributed by atoms with van der Waals surface area (Å²) in [5, 5.41) is 2.61. The first-order valence-electron chi connectivity index (χ1n) is 8.85. The van der Waals surface area contributed by atoms with Crippen molar-refractivity contribution in [2.24, 2.45) is 0 Å². The summed E-state index contributed by atoms with van der Waals surface area (Å²) in [6.07, 6.45) is -0.443. The second-order valence-corrected chi connectivity index (χ2v) is 6.66. The smallest absolute Gasteiger partial charge is 0.257 e. The summed E-state index contributed by atoms with van der Waals surface area (Å²) in [5.74, 6) is -1.20. The normalized spacial score (nSPS) is 17.9. The molecule has 0 saturated heterocycles. The van der Waals surface area contributed by atoms with Crippen LogP contribution in [0.4, 0.5) is 20.5 Å². The molecule has 9 nitrogen and oxygen atoms in total. The van der Waals surface area contributed by atoms with Crippen LogP contribution in [0.5, 0.6) is 5.88 Å². The molecule has 3 heterocycles. The van der Waals surface area contributed by atoms with Crippen LogP contribution in [0.15, 0.2) is 24.4 Å². The predicted molar refractivity (Wildman–Crippen MR) is 104 cm³/mol. The Bertz CT molecular complexity index is 1170. The summed E-state index contributed by atoms with van der Waals surface area (Å²) in [6.45, 7) is 1.54. The van der Waals surface area contributed by atoms with Crippen LogP contribution < -0.4 is 21.5 Å². The molecule has 0 bridgehead atoms. The van der Waals surface area contributed by atoms with E-state index in [1.165, 1.54) is 25.4 Å². The van der Waals surface area contributed by atoms with E-state index in [2.05, 4.69) is 25.3 Å². The predicted octanol–water partition coefficient (Wildman–Crippen LogP) is 2.05. The van der Waals surface area contributed by atoms with Crippen LogP contribution in [0, 0.1) is 12.7 Å². The Morgan fingerprint density at radius 3 is 2.70 bits per heavy atom. The molecule has 3 aromatic rings. The minimum Gasteiger partial charge on any atom is -0.478 e. The molecular formula is C19H17F2N7O2. The maximum atomic E-state index is 15.5. The van der Waals surface area contributed by atoms with E-state index in [1.54, 1.807) is 6.92 Å². The summed E-state index contributed by atoms with van der Waals surface area (Å²) in [5.41, 5.74) is 12.2. The maximum absolute atomic E-state index is 15.5. The number of halogens is 2. The number of hydrogen-bond donors (Lipinski definition) is 3. The van der Waals surface area contributed by atoms with Gasteiger partial charge in [0, 0.05) is 5.56 Å². The van der Waals surface area contributed by atoms with Gasteiger partial charge in [-0.05, 0) is 24.6 Å². The third-order valence-electron chi connectivity index (χ3n) is 4.79. The first-order chi connectivity index (χ1) is 14.3. The molecule has 1 amide bonds. The molecule has 2 atom stereocenters. The van der Waals surface area contributed by atoms with E-state index < -0.39 is 23.9 Å². The van der Waals surface area contributed by atoms with E-state index in [0.29, 0.717) is 0 Å². The largest absolute Gasteiger partial charge is 0.478 e. The first-order valence-corrected chi connectivity index (χ1v) is 8.85. The van der Waals surface area contributed by atoms with E-state index in [-0.39, 0.29) is 51.4 Å². The van der Waals surface area contributed by atoms with Crippen LogP contribution in [0.2, 0.25) is 0 Å². The van der Waals surface area contributed by atoms with Gasteiger partial charge in [-0.15, -0.1) is 0 Å². The van der Waals surface area contributed by atoms with Crippen molar-refractivity contribution in [3.63, 3.8) is 0 Å². The van der Waals surface area contributed by atoms with Crippen molar-refractivity contribution >= 4 is 17.7 Å². The van der Waals surface area contributed by atoms with E-state index in [4.69, 9.17) is 16.2 Å². The zero-order chi connectivity index (χ0) is 21.6. The summed E-state index contributed by atoms with van der Waals surface area (Å²) >= 11 is 0. The van der Waals surface area contributed by atoms with Crippen molar-refractivity contribution in [2.45, 2.75) is 19.1 Å². The first kappa shape index (κ1) is 19.4. The van der Waals surface area contributed by atoms with Gasteiger partial charge < -0.3 is 21.5 Å². The zero-order valence-corrected chi connectivity index (χ0v) is 16.0. The molecule has 0 saturated carbocycles. The molecular weight excluding hydrogens is 396 g/mol. The minimum absolute atomic E-state index is 0.0329. The second-order valence-electron chi connectivity index (χ2n) is 6.66. The zero-order valence-electron chi connectivity index (χ0n) is 16.0. The Morgan fingerprint density at radius 1 is 1.20 bits per heavy atom. The van der Waals surface area contributed by atoms with E-state index in [1.807, 2.05) is 0 Å². The van der Waals surface area contributed by atoms with E-state index in [0.717, 1.165) is 6.07 Å². The molecule has 0 spiro atoms. The molecule has 11 heteroatoms. The van der Waals surface area contributed by atoms with Gasteiger partial charge in [0.15, 0.2) is 12.0 Å². The fourth-order valence-corrected chi connectivity index (χ4v) is 3.46. The number of methoxy groups -OCH3 is 1. The van der Waals surface area contributed by atoms with Crippen LogP contribution in [0.1, 0.15) is 39.5 Å². The second kappa shape index (κ2) is 7.17. The topological polar surface area (TPSA) is 142 Å². The van der Waals surface area contributed by atoms with Gasteiger partial charge in [-0.2, -0.15) is 0 Å². The number of benzene rings is 1. The summed E-state index contributed by atoms with van der Waals surface area (Å²) < 4.78 is 34.7. The third-order valence-corrected chi connectivity index (χ3v) is 4.79. The lowest BCUT2D eigenvalue weighted by Crippen LogP contribution is -2.39. The Balaban J connectivity index is 1.87. The average molecular weight is 413 g/mol. The quantitative estimate of drug-likeness (QED) is 0.592. The molecule has 1 unspecified atom stereocenters. The molecule has 1 aromatic carbocycles. The van der Waals surface area contributed by atoms with Crippen LogP contribution in [-0.2, 0) is 0 Å². The molecule has 30 heavy (non-hydrogen) atoms. The third kappa shape index (κ3) is 3.13. The lowest BCUT2D eigenvalue weighted by molar-refractivity contribution is 0.0872. The van der Waals surface area contributed by atoms with Crippen LogP contribution in [0.25, 0.3) is 11.3 Å². The van der Waals surface area contributed by atoms with Crippen LogP contribution >= 0.6 is 0 Å². The van der Waals surface area contributed by atoms with Crippen molar-refractivity contribution in [1.82, 2.24) is 25.3 Å². The number of amides is 1. The summed E-state index contributed by atoms with van der Waals surface area (Å²) in [4.78, 5) is 28.7. The Morgan fingerprint density at radius 2 is 1.97 bits per heavy atom. The van der Waals surface area contributed by atoms with Crippen molar-refractivity contribution < 1.29 is 18.3 Å². The molecule has 0 fully saturated rings. The van der Waals surface area contributed by atoms with Crippen molar-refractivity contribution in [3.8, 4) is 17.1 Å². The van der Waals surface area contributed by atoms with Gasteiger partial charge in [-0.1, -0.05) is 6.07 Å². The highest BCUT2D eigenvalue weighted by Gasteiger charge is 2.39. The molecule has 154 valence electrons. The standard InChI is InChI=1S/C19H17F2N7O2/c1-7-12-15(28-19(23)25-7)13(21)14(27-17(12)29)9-4-3-8(20)5-10(9)11-6-24-16(22)18(26-11)30-2/h3-6,13-14H,1-2H3,(H2,22,24)(H,27,29)(H2,23,25,28)/t13?,14-/m0/s1. The number of nitrogens with one attached hydrogen (secondary N) is 1. The van der Waals surface area contributed by atoms with Gasteiger partial charge in [0.2, 0.25) is 5.95 Å². The summed E-state index contributed by atoms with van der Waals surface area (Å²) in [7, 11) is 1.36. The van der Waals surface area contributed by atoms with Gasteiger partial charge in [-0.3, -0.25) is 4.79 Å². The number of alkyl halides is 1. The Kier molecular flexibility index (Phi) is 4.65. The molecule has 4 rings (SSSR count). The van der Waals surface area contributed by atoms with Crippen molar-refractivity contribution in [1.29, 1.82) is 0 Å². The number of nitrogens with two attached hydrogens (primary N) is 2. The molecule has 1 aliphatic heterocycles. The highest BCUT2D eigenvalue weighted by atomic mass is 19.1. The number of carbonyl (C=O) groups excluding carboxylic acids is 1. The van der Waals surface area contributed by atoms with Crippen molar-refractivity contribution in [2.75, 3.05) is 18.6 Å².